The summed E-state index contributed by atoms with van der Waals surface area (Å²) in [6, 6.07) is 18.0. The number of carbonyl (C=O) groups excluding carboxylic acids is 1. The Kier molecular flexibility index (Phi) is 4.73. The van der Waals surface area contributed by atoms with Crippen LogP contribution in [0.3, 0.4) is 0 Å². The van der Waals surface area contributed by atoms with Gasteiger partial charge in [-0.05, 0) is 24.3 Å². The first-order valence-corrected chi connectivity index (χ1v) is 6.35. The van der Waals surface area contributed by atoms with Crippen LogP contribution < -0.4 is 10.1 Å². The number of nitriles is 1. The summed E-state index contributed by atoms with van der Waals surface area (Å²) in [4.78, 5) is 12.3. The van der Waals surface area contributed by atoms with Gasteiger partial charge in [0.25, 0.3) is 0 Å². The highest BCUT2D eigenvalue weighted by atomic mass is 16.5. The van der Waals surface area contributed by atoms with E-state index in [0.29, 0.717) is 11.3 Å². The van der Waals surface area contributed by atoms with Crippen LogP contribution in [0.1, 0.15) is 10.4 Å². The van der Waals surface area contributed by atoms with Gasteiger partial charge in [-0.3, -0.25) is 4.79 Å². The summed E-state index contributed by atoms with van der Waals surface area (Å²) < 4.78 is 5.08. The van der Waals surface area contributed by atoms with E-state index in [1.165, 1.54) is 13.3 Å². The molecule has 4 heteroatoms. The maximum absolute atomic E-state index is 12.3. The van der Waals surface area contributed by atoms with Gasteiger partial charge in [0.1, 0.15) is 17.4 Å². The van der Waals surface area contributed by atoms with Crippen molar-refractivity contribution in [3.63, 3.8) is 0 Å². The number of rotatable bonds is 5. The van der Waals surface area contributed by atoms with E-state index in [2.05, 4.69) is 5.32 Å². The largest absolute Gasteiger partial charge is 0.497 e. The van der Waals surface area contributed by atoms with Crippen molar-refractivity contribution >= 4 is 11.5 Å². The first kappa shape index (κ1) is 14.4. The van der Waals surface area contributed by atoms with E-state index in [1.54, 1.807) is 24.3 Å². The zero-order valence-corrected chi connectivity index (χ0v) is 11.5. The summed E-state index contributed by atoms with van der Waals surface area (Å²) in [5.74, 6) is 0.231. The summed E-state index contributed by atoms with van der Waals surface area (Å²) in [6.45, 7) is 0. The Morgan fingerprint density at radius 2 is 1.95 bits per heavy atom. The number of methoxy groups -OCH3 is 1. The summed E-state index contributed by atoms with van der Waals surface area (Å²) in [7, 11) is 1.53. The monoisotopic (exact) mass is 278 g/mol. The molecule has 0 radical (unpaired) electrons. The molecule has 0 aliphatic rings. The molecule has 0 fully saturated rings. The zero-order chi connectivity index (χ0) is 15.1. The number of Topliss-reactive ketones (excluding diaryl/α,β-unsaturated/α-hetero) is 1. The molecule has 0 amide bonds. The Morgan fingerprint density at radius 1 is 1.19 bits per heavy atom. The zero-order valence-electron chi connectivity index (χ0n) is 11.5. The maximum Gasteiger partial charge on any atom is 0.205 e. The summed E-state index contributed by atoms with van der Waals surface area (Å²) in [5.41, 5.74) is 1.26. The molecule has 0 aliphatic heterocycles. The van der Waals surface area contributed by atoms with Crippen LogP contribution in [0, 0.1) is 11.3 Å². The number of allylic oxidation sites excluding steroid dienone is 1. The fourth-order valence-corrected chi connectivity index (χ4v) is 1.76. The molecule has 2 aromatic carbocycles. The van der Waals surface area contributed by atoms with E-state index in [9.17, 15) is 4.79 Å². The van der Waals surface area contributed by atoms with Crippen molar-refractivity contribution in [3.05, 3.63) is 71.9 Å². The number of hydrogen-bond acceptors (Lipinski definition) is 4. The van der Waals surface area contributed by atoms with Gasteiger partial charge in [-0.15, -0.1) is 0 Å². The Bertz CT molecular complexity index is 700. The van der Waals surface area contributed by atoms with Gasteiger partial charge in [-0.1, -0.05) is 30.3 Å². The number of para-hydroxylation sites is 1. The standard InChI is InChI=1S/C17H14N2O2/c1-21-16-9-5-6-13(10-16)17(20)14(11-18)12-19-15-7-3-2-4-8-15/h2-10,12,19H,1H3/b14-12+. The molecular weight excluding hydrogens is 264 g/mol. The molecule has 2 rings (SSSR count). The van der Waals surface area contributed by atoms with Crippen LogP contribution in [-0.2, 0) is 0 Å². The molecule has 104 valence electrons. The molecule has 2 aromatic rings. The molecule has 0 spiro atoms. The third kappa shape index (κ3) is 3.71. The molecule has 0 aromatic heterocycles. The van der Waals surface area contributed by atoms with E-state index in [4.69, 9.17) is 10.00 Å². The molecule has 0 bridgehead atoms. The minimum Gasteiger partial charge on any atom is -0.497 e. The quantitative estimate of drug-likeness (QED) is 0.517. The Labute approximate surface area is 123 Å². The number of carbonyl (C=O) groups is 1. The lowest BCUT2D eigenvalue weighted by Gasteiger charge is -2.04. The third-order valence-electron chi connectivity index (χ3n) is 2.85. The highest BCUT2D eigenvalue weighted by molar-refractivity contribution is 6.11. The Hall–Kier alpha value is -3.06. The second kappa shape index (κ2) is 6.92. The number of nitrogens with zero attached hydrogens (tertiary/aromatic N) is 1. The van der Waals surface area contributed by atoms with Crippen molar-refractivity contribution in [2.45, 2.75) is 0 Å². The van der Waals surface area contributed by atoms with Gasteiger partial charge in [0.05, 0.1) is 7.11 Å². The molecular formula is C17H14N2O2. The molecule has 21 heavy (non-hydrogen) atoms. The summed E-state index contributed by atoms with van der Waals surface area (Å²) >= 11 is 0. The SMILES string of the molecule is COc1cccc(C(=O)/C(C#N)=C/Nc2ccccc2)c1. The Morgan fingerprint density at radius 3 is 2.62 bits per heavy atom. The number of nitrogens with one attached hydrogen (secondary N) is 1. The van der Waals surface area contributed by atoms with Gasteiger partial charge >= 0.3 is 0 Å². The van der Waals surface area contributed by atoms with Crippen molar-refractivity contribution in [3.8, 4) is 11.8 Å². The van der Waals surface area contributed by atoms with Crippen molar-refractivity contribution < 1.29 is 9.53 Å². The number of ketones is 1. The predicted octanol–water partition coefficient (Wildman–Crippen LogP) is 3.40. The van der Waals surface area contributed by atoms with Gasteiger partial charge in [0, 0.05) is 17.5 Å². The minimum atomic E-state index is -0.347. The van der Waals surface area contributed by atoms with Crippen LogP contribution in [-0.4, -0.2) is 12.9 Å². The second-order valence-electron chi connectivity index (χ2n) is 4.24. The topological polar surface area (TPSA) is 62.1 Å². The van der Waals surface area contributed by atoms with Crippen LogP contribution in [0.5, 0.6) is 5.75 Å². The highest BCUT2D eigenvalue weighted by Crippen LogP contribution is 2.16. The molecule has 0 heterocycles. The fraction of sp³-hybridized carbons (Fsp3) is 0.0588. The lowest BCUT2D eigenvalue weighted by Crippen LogP contribution is -2.04. The lowest BCUT2D eigenvalue weighted by molar-refractivity contribution is 0.103. The molecule has 1 N–H and O–H groups in total. The molecule has 0 saturated carbocycles. The van der Waals surface area contributed by atoms with Crippen molar-refractivity contribution in [1.29, 1.82) is 5.26 Å². The number of hydrogen-bond donors (Lipinski definition) is 1. The van der Waals surface area contributed by atoms with Crippen molar-refractivity contribution in [1.82, 2.24) is 0 Å². The first-order chi connectivity index (χ1) is 10.2. The lowest BCUT2D eigenvalue weighted by atomic mass is 10.0. The van der Waals surface area contributed by atoms with E-state index >= 15 is 0 Å². The smallest absolute Gasteiger partial charge is 0.205 e. The molecule has 0 atom stereocenters. The van der Waals surface area contributed by atoms with Crippen LogP contribution in [0.4, 0.5) is 5.69 Å². The van der Waals surface area contributed by atoms with E-state index in [1.807, 2.05) is 36.4 Å². The number of ether oxygens (including phenoxy) is 1. The third-order valence-corrected chi connectivity index (χ3v) is 2.85. The van der Waals surface area contributed by atoms with Crippen LogP contribution >= 0.6 is 0 Å². The fourth-order valence-electron chi connectivity index (χ4n) is 1.76. The van der Waals surface area contributed by atoms with Gasteiger partial charge in [-0.2, -0.15) is 5.26 Å². The van der Waals surface area contributed by atoms with Crippen LogP contribution in [0.25, 0.3) is 0 Å². The van der Waals surface area contributed by atoms with E-state index in [0.717, 1.165) is 5.69 Å². The highest BCUT2D eigenvalue weighted by Gasteiger charge is 2.12. The Balaban J connectivity index is 2.20. The minimum absolute atomic E-state index is 0.0344. The average molecular weight is 278 g/mol. The van der Waals surface area contributed by atoms with Gasteiger partial charge in [0.2, 0.25) is 5.78 Å². The predicted molar refractivity (Wildman–Crippen MR) is 81.1 cm³/mol. The molecule has 0 aliphatic carbocycles. The van der Waals surface area contributed by atoms with Crippen LogP contribution in [0.15, 0.2) is 66.4 Å². The summed E-state index contributed by atoms with van der Waals surface area (Å²) in [6.07, 6.45) is 1.41. The normalized spacial score (nSPS) is 10.6. The van der Waals surface area contributed by atoms with Gasteiger partial charge < -0.3 is 10.1 Å². The maximum atomic E-state index is 12.3. The van der Waals surface area contributed by atoms with E-state index in [-0.39, 0.29) is 11.4 Å². The molecule has 0 saturated heterocycles. The van der Waals surface area contributed by atoms with Crippen LogP contribution in [0.2, 0.25) is 0 Å². The number of benzene rings is 2. The van der Waals surface area contributed by atoms with Crippen molar-refractivity contribution in [2.75, 3.05) is 12.4 Å². The second-order valence-corrected chi connectivity index (χ2v) is 4.24. The van der Waals surface area contributed by atoms with Crippen molar-refractivity contribution in [2.24, 2.45) is 0 Å². The number of anilines is 1. The van der Waals surface area contributed by atoms with Gasteiger partial charge in [0.15, 0.2) is 0 Å². The first-order valence-electron chi connectivity index (χ1n) is 6.35. The van der Waals surface area contributed by atoms with Gasteiger partial charge in [-0.25, -0.2) is 0 Å². The molecule has 4 nitrogen and oxygen atoms in total. The summed E-state index contributed by atoms with van der Waals surface area (Å²) in [5, 5.41) is 12.1. The molecule has 0 unspecified atom stereocenters. The average Bonchev–Trinajstić information content (AvgIpc) is 2.56. The van der Waals surface area contributed by atoms with E-state index < -0.39 is 0 Å².